The van der Waals surface area contributed by atoms with Crippen LogP contribution in [0.4, 0.5) is 5.69 Å². The highest BCUT2D eigenvalue weighted by Gasteiger charge is 2.40. The van der Waals surface area contributed by atoms with Crippen molar-refractivity contribution in [1.82, 2.24) is 20.2 Å². The zero-order valence-corrected chi connectivity index (χ0v) is 15.7. The summed E-state index contributed by atoms with van der Waals surface area (Å²) in [5.41, 5.74) is 0.930. The molecule has 0 bridgehead atoms. The number of aromatic nitrogens is 4. The maximum Gasteiger partial charge on any atom is 0.177 e. The van der Waals surface area contributed by atoms with Crippen molar-refractivity contribution in [1.29, 1.82) is 0 Å². The number of hydrogen-bond donors (Lipinski definition) is 1. The van der Waals surface area contributed by atoms with Crippen LogP contribution in [0.1, 0.15) is 76.1 Å². The number of hydrogen-bond acceptors (Lipinski definition) is 5. The lowest BCUT2D eigenvalue weighted by atomic mass is 9.80. The molecular formula is C20H29N5O. The molecule has 6 heteroatoms. The second-order valence-corrected chi connectivity index (χ2v) is 7.74. The maximum absolute atomic E-state index is 5.29. The Morgan fingerprint density at radius 1 is 1.00 bits per heavy atom. The quantitative estimate of drug-likeness (QED) is 0.858. The van der Waals surface area contributed by atoms with Crippen LogP contribution in [0, 0.1) is 0 Å². The van der Waals surface area contributed by atoms with E-state index in [0.29, 0.717) is 6.04 Å². The normalized spacial score (nSPS) is 20.7. The Labute approximate surface area is 155 Å². The van der Waals surface area contributed by atoms with Gasteiger partial charge in [-0.25, -0.2) is 4.68 Å². The number of anilines is 1. The number of ether oxygens (including phenoxy) is 1. The van der Waals surface area contributed by atoms with Gasteiger partial charge in [-0.15, -0.1) is 5.10 Å². The van der Waals surface area contributed by atoms with Gasteiger partial charge in [0.1, 0.15) is 5.75 Å². The maximum atomic E-state index is 5.29. The van der Waals surface area contributed by atoms with Gasteiger partial charge in [-0.05, 0) is 60.4 Å². The molecule has 4 rings (SSSR count). The van der Waals surface area contributed by atoms with E-state index in [1.54, 1.807) is 7.11 Å². The third-order valence-corrected chi connectivity index (χ3v) is 6.02. The molecule has 1 aromatic carbocycles. The van der Waals surface area contributed by atoms with E-state index in [4.69, 9.17) is 4.74 Å². The van der Waals surface area contributed by atoms with Crippen molar-refractivity contribution in [3.8, 4) is 5.75 Å². The molecular weight excluding hydrogens is 326 g/mol. The van der Waals surface area contributed by atoms with Crippen LogP contribution in [0.2, 0.25) is 0 Å². The molecule has 140 valence electrons. The molecule has 2 saturated carbocycles. The number of nitrogens with one attached hydrogen (secondary N) is 1. The fourth-order valence-electron chi connectivity index (χ4n) is 4.59. The Hall–Kier alpha value is -2.11. The van der Waals surface area contributed by atoms with Gasteiger partial charge >= 0.3 is 0 Å². The van der Waals surface area contributed by atoms with E-state index in [9.17, 15) is 0 Å². The molecule has 0 saturated heterocycles. The summed E-state index contributed by atoms with van der Waals surface area (Å²) in [4.78, 5) is 0. The second kappa shape index (κ2) is 7.64. The topological polar surface area (TPSA) is 64.9 Å². The predicted octanol–water partition coefficient (Wildman–Crippen LogP) is 4.46. The molecule has 1 aromatic heterocycles. The van der Waals surface area contributed by atoms with Gasteiger partial charge in [0.05, 0.1) is 18.7 Å². The van der Waals surface area contributed by atoms with Gasteiger partial charge in [-0.2, -0.15) is 0 Å². The van der Waals surface area contributed by atoms with Crippen LogP contribution in [0.25, 0.3) is 0 Å². The van der Waals surface area contributed by atoms with Crippen molar-refractivity contribution >= 4 is 5.69 Å². The van der Waals surface area contributed by atoms with E-state index in [1.165, 1.54) is 51.4 Å². The number of rotatable bonds is 5. The Kier molecular flexibility index (Phi) is 5.09. The summed E-state index contributed by atoms with van der Waals surface area (Å²) < 4.78 is 7.43. The van der Waals surface area contributed by atoms with Crippen LogP contribution < -0.4 is 10.1 Å². The SMILES string of the molecule is COc1ccc(NC2(c3nnnn3C3CCCCC3)CCCCC2)cc1. The van der Waals surface area contributed by atoms with Gasteiger partial charge in [-0.3, -0.25) is 0 Å². The van der Waals surface area contributed by atoms with Crippen molar-refractivity contribution in [3.63, 3.8) is 0 Å². The number of methoxy groups -OCH3 is 1. The Morgan fingerprint density at radius 2 is 1.69 bits per heavy atom. The Bertz CT molecular complexity index is 699. The van der Waals surface area contributed by atoms with Gasteiger partial charge < -0.3 is 10.1 Å². The summed E-state index contributed by atoms with van der Waals surface area (Å²) in [7, 11) is 1.70. The molecule has 0 unspecified atom stereocenters. The van der Waals surface area contributed by atoms with Crippen LogP contribution in [-0.4, -0.2) is 27.3 Å². The Morgan fingerprint density at radius 3 is 2.38 bits per heavy atom. The zero-order chi connectivity index (χ0) is 17.8. The summed E-state index contributed by atoms with van der Waals surface area (Å²) in [5, 5.41) is 16.9. The zero-order valence-electron chi connectivity index (χ0n) is 15.7. The highest BCUT2D eigenvalue weighted by atomic mass is 16.5. The molecule has 0 spiro atoms. The largest absolute Gasteiger partial charge is 0.497 e. The second-order valence-electron chi connectivity index (χ2n) is 7.74. The van der Waals surface area contributed by atoms with Crippen molar-refractivity contribution in [3.05, 3.63) is 30.1 Å². The fourth-order valence-corrected chi connectivity index (χ4v) is 4.59. The lowest BCUT2D eigenvalue weighted by Crippen LogP contribution is -2.41. The first kappa shape index (κ1) is 17.3. The van der Waals surface area contributed by atoms with Crippen LogP contribution in [-0.2, 0) is 5.54 Å². The standard InChI is InChI=1S/C20H29N5O/c1-26-18-12-10-16(11-13-18)21-20(14-6-3-7-15-20)19-22-23-24-25(19)17-8-4-2-5-9-17/h10-13,17,21H,2-9,14-15H2,1H3. The minimum atomic E-state index is -0.173. The molecule has 0 atom stereocenters. The molecule has 2 aliphatic carbocycles. The first-order valence-corrected chi connectivity index (χ1v) is 10.0. The van der Waals surface area contributed by atoms with E-state index in [2.05, 4.69) is 37.7 Å². The summed E-state index contributed by atoms with van der Waals surface area (Å²) in [5.74, 6) is 1.90. The van der Waals surface area contributed by atoms with Crippen LogP contribution >= 0.6 is 0 Å². The summed E-state index contributed by atoms with van der Waals surface area (Å²) in [6, 6.07) is 8.63. The summed E-state index contributed by atoms with van der Waals surface area (Å²) >= 11 is 0. The average Bonchev–Trinajstić information content (AvgIpc) is 3.21. The van der Waals surface area contributed by atoms with E-state index < -0.39 is 0 Å². The van der Waals surface area contributed by atoms with Crippen LogP contribution in [0.3, 0.4) is 0 Å². The van der Waals surface area contributed by atoms with Crippen LogP contribution in [0.5, 0.6) is 5.75 Å². The van der Waals surface area contributed by atoms with Gasteiger partial charge in [-0.1, -0.05) is 38.5 Å². The monoisotopic (exact) mass is 355 g/mol. The predicted molar refractivity (Wildman–Crippen MR) is 101 cm³/mol. The molecule has 2 aromatic rings. The van der Waals surface area contributed by atoms with Gasteiger partial charge in [0.2, 0.25) is 0 Å². The molecule has 6 nitrogen and oxygen atoms in total. The van der Waals surface area contributed by atoms with Crippen molar-refractivity contribution < 1.29 is 4.74 Å². The molecule has 0 amide bonds. The lowest BCUT2D eigenvalue weighted by Gasteiger charge is -2.39. The van der Waals surface area contributed by atoms with E-state index in [0.717, 1.165) is 30.1 Å². The first-order valence-electron chi connectivity index (χ1n) is 10.0. The third kappa shape index (κ3) is 3.41. The minimum absolute atomic E-state index is 0.173. The minimum Gasteiger partial charge on any atom is -0.497 e. The summed E-state index contributed by atoms with van der Waals surface area (Å²) in [6.07, 6.45) is 12.1. The van der Waals surface area contributed by atoms with Crippen molar-refractivity contribution in [2.75, 3.05) is 12.4 Å². The number of nitrogens with zero attached hydrogens (tertiary/aromatic N) is 4. The van der Waals surface area contributed by atoms with E-state index in [1.807, 2.05) is 12.1 Å². The van der Waals surface area contributed by atoms with Gasteiger partial charge in [0, 0.05) is 5.69 Å². The van der Waals surface area contributed by atoms with Crippen molar-refractivity contribution in [2.24, 2.45) is 0 Å². The Balaban J connectivity index is 1.65. The molecule has 1 heterocycles. The smallest absolute Gasteiger partial charge is 0.177 e. The number of benzene rings is 1. The summed E-state index contributed by atoms with van der Waals surface area (Å²) in [6.45, 7) is 0. The fraction of sp³-hybridized carbons (Fsp3) is 0.650. The third-order valence-electron chi connectivity index (χ3n) is 6.02. The van der Waals surface area contributed by atoms with Gasteiger partial charge in [0.15, 0.2) is 5.82 Å². The molecule has 2 fully saturated rings. The molecule has 0 aliphatic heterocycles. The number of tetrazole rings is 1. The van der Waals surface area contributed by atoms with Crippen molar-refractivity contribution in [2.45, 2.75) is 75.8 Å². The lowest BCUT2D eigenvalue weighted by molar-refractivity contribution is 0.263. The van der Waals surface area contributed by atoms with E-state index >= 15 is 0 Å². The first-order chi connectivity index (χ1) is 12.8. The molecule has 2 aliphatic rings. The van der Waals surface area contributed by atoms with E-state index in [-0.39, 0.29) is 5.54 Å². The average molecular weight is 355 g/mol. The highest BCUT2D eigenvalue weighted by Crippen LogP contribution is 2.41. The molecule has 26 heavy (non-hydrogen) atoms. The van der Waals surface area contributed by atoms with Crippen LogP contribution in [0.15, 0.2) is 24.3 Å². The van der Waals surface area contributed by atoms with Gasteiger partial charge in [0.25, 0.3) is 0 Å². The highest BCUT2D eigenvalue weighted by molar-refractivity contribution is 5.49. The molecule has 1 N–H and O–H groups in total. The molecule has 0 radical (unpaired) electrons.